The molecule has 14 heavy (non-hydrogen) atoms. The molecule has 0 bridgehead atoms. The summed E-state index contributed by atoms with van der Waals surface area (Å²) < 4.78 is 21.2. The predicted molar refractivity (Wildman–Crippen MR) is 59.7 cm³/mol. The van der Waals surface area contributed by atoms with Crippen molar-refractivity contribution in [1.82, 2.24) is 0 Å². The van der Waals surface area contributed by atoms with Crippen molar-refractivity contribution in [3.8, 4) is 0 Å². The van der Waals surface area contributed by atoms with E-state index in [0.29, 0.717) is 19.6 Å². The van der Waals surface area contributed by atoms with Gasteiger partial charge in [0.15, 0.2) is 0 Å². The average molecular weight is 241 g/mol. The summed E-state index contributed by atoms with van der Waals surface area (Å²) in [4.78, 5) is 0. The molecule has 0 heterocycles. The molecular weight excluding hydrogens is 223 g/mol. The Balaban J connectivity index is 3.61. The highest BCUT2D eigenvalue weighted by atomic mass is 35.7. The molecule has 5 heteroatoms. The van der Waals surface area contributed by atoms with Crippen LogP contribution in [0.15, 0.2) is 12.2 Å². The van der Waals surface area contributed by atoms with Crippen molar-refractivity contribution in [2.75, 3.05) is 13.2 Å². The summed E-state index contributed by atoms with van der Waals surface area (Å²) in [6.07, 6.45) is 2.46. The lowest BCUT2D eigenvalue weighted by Crippen LogP contribution is -1.95. The molecule has 0 rings (SSSR count). The van der Waals surface area contributed by atoms with Gasteiger partial charge in [-0.15, -0.1) is 6.58 Å². The Bertz CT molecular complexity index is 218. The number of unbranched alkanes of at least 4 members (excludes halogenated alkanes) is 1. The summed E-state index contributed by atoms with van der Waals surface area (Å²) in [5.74, 6) is 0. The number of hydrogen-bond donors (Lipinski definition) is 0. The molecule has 0 spiro atoms. The summed E-state index contributed by atoms with van der Waals surface area (Å²) in [7, 11) is 0. The smallest absolute Gasteiger partial charge is 0.297 e. The van der Waals surface area contributed by atoms with Crippen LogP contribution in [0.25, 0.3) is 0 Å². The molecule has 1 atom stereocenters. The molecule has 0 N–H and O–H groups in total. The van der Waals surface area contributed by atoms with Crippen molar-refractivity contribution in [2.45, 2.75) is 33.1 Å². The topological polar surface area (TPSA) is 35.5 Å². The van der Waals surface area contributed by atoms with E-state index in [1.807, 2.05) is 13.8 Å². The van der Waals surface area contributed by atoms with Crippen LogP contribution in [0, 0.1) is 0 Å². The minimum atomic E-state index is -3.35. The Morgan fingerprint density at radius 2 is 2.00 bits per heavy atom. The third kappa shape index (κ3) is 8.76. The third-order valence-corrected chi connectivity index (χ3v) is 3.09. The van der Waals surface area contributed by atoms with E-state index in [4.69, 9.17) is 20.3 Å². The fourth-order valence-electron chi connectivity index (χ4n) is 0.684. The summed E-state index contributed by atoms with van der Waals surface area (Å²) in [6.45, 7) is 4.92. The number of halogens is 1. The van der Waals surface area contributed by atoms with Crippen LogP contribution in [0.1, 0.15) is 33.1 Å². The highest BCUT2D eigenvalue weighted by Crippen LogP contribution is 2.53. The van der Waals surface area contributed by atoms with Gasteiger partial charge in [-0.3, -0.25) is 9.05 Å². The molecule has 0 aromatic heterocycles. The fourth-order valence-corrected chi connectivity index (χ4v) is 1.83. The molecule has 0 aromatic rings. The third-order valence-electron chi connectivity index (χ3n) is 1.52. The molecule has 0 aliphatic heterocycles. The van der Waals surface area contributed by atoms with Gasteiger partial charge in [-0.05, 0) is 19.8 Å². The second-order valence-electron chi connectivity index (χ2n) is 3.16. The molecule has 0 radical (unpaired) electrons. The first-order valence-corrected chi connectivity index (χ1v) is 7.16. The van der Waals surface area contributed by atoms with E-state index in [1.165, 1.54) is 0 Å². The van der Waals surface area contributed by atoms with Gasteiger partial charge in [0, 0.05) is 11.2 Å². The fraction of sp³-hybridized carbons (Fsp3) is 0.778. The minimum Gasteiger partial charge on any atom is -0.297 e. The zero-order valence-electron chi connectivity index (χ0n) is 8.79. The van der Waals surface area contributed by atoms with Crippen LogP contribution in [0.2, 0.25) is 0 Å². The number of rotatable bonds is 8. The van der Waals surface area contributed by atoms with Gasteiger partial charge in [0.05, 0.1) is 13.2 Å². The maximum absolute atomic E-state index is 11.4. The molecule has 0 fully saturated rings. The second kappa shape index (κ2) is 7.47. The van der Waals surface area contributed by atoms with Crippen LogP contribution in [-0.4, -0.2) is 13.2 Å². The van der Waals surface area contributed by atoms with E-state index in [1.54, 1.807) is 0 Å². The maximum Gasteiger partial charge on any atom is 0.424 e. The Kier molecular flexibility index (Phi) is 7.56. The van der Waals surface area contributed by atoms with E-state index in [2.05, 4.69) is 6.58 Å². The molecule has 3 nitrogen and oxygen atoms in total. The van der Waals surface area contributed by atoms with Gasteiger partial charge in [0.2, 0.25) is 0 Å². The predicted octanol–water partition coefficient (Wildman–Crippen LogP) is 4.13. The van der Waals surface area contributed by atoms with Crippen molar-refractivity contribution in [3.63, 3.8) is 0 Å². The van der Waals surface area contributed by atoms with Crippen LogP contribution in [-0.2, 0) is 13.6 Å². The van der Waals surface area contributed by atoms with Crippen molar-refractivity contribution in [2.24, 2.45) is 0 Å². The van der Waals surface area contributed by atoms with Crippen LogP contribution < -0.4 is 0 Å². The van der Waals surface area contributed by atoms with E-state index in [0.717, 1.165) is 18.4 Å². The Morgan fingerprint density at radius 1 is 1.43 bits per heavy atom. The Morgan fingerprint density at radius 3 is 2.50 bits per heavy atom. The molecule has 0 aliphatic rings. The molecule has 84 valence electrons. The summed E-state index contributed by atoms with van der Waals surface area (Å²) in [5, 5.41) is 0. The molecule has 0 aromatic carbocycles. The molecule has 0 saturated carbocycles. The first-order valence-electron chi connectivity index (χ1n) is 4.71. The summed E-state index contributed by atoms with van der Waals surface area (Å²) >= 11 is 5.54. The SMILES string of the molecule is C=C(C)CCOP(=O)(Cl)OCCCC. The molecule has 0 amide bonds. The van der Waals surface area contributed by atoms with Crippen molar-refractivity contribution in [3.05, 3.63) is 12.2 Å². The van der Waals surface area contributed by atoms with Crippen LogP contribution >= 0.6 is 18.2 Å². The van der Waals surface area contributed by atoms with E-state index < -0.39 is 6.95 Å². The maximum atomic E-state index is 11.4. The second-order valence-corrected chi connectivity index (χ2v) is 5.78. The number of hydrogen-bond acceptors (Lipinski definition) is 3. The van der Waals surface area contributed by atoms with Gasteiger partial charge in [-0.1, -0.05) is 18.9 Å². The first-order chi connectivity index (χ1) is 6.48. The largest absolute Gasteiger partial charge is 0.424 e. The zero-order valence-corrected chi connectivity index (χ0v) is 10.4. The van der Waals surface area contributed by atoms with Crippen LogP contribution in [0.3, 0.4) is 0 Å². The molecular formula is C9H18ClO3P. The van der Waals surface area contributed by atoms with E-state index in [-0.39, 0.29) is 0 Å². The highest BCUT2D eigenvalue weighted by Gasteiger charge is 2.19. The quantitative estimate of drug-likeness (QED) is 0.363. The van der Waals surface area contributed by atoms with Crippen molar-refractivity contribution < 1.29 is 13.6 Å². The summed E-state index contributed by atoms with van der Waals surface area (Å²) in [6, 6.07) is 0. The Labute approximate surface area is 90.8 Å². The molecule has 0 aliphatic carbocycles. The molecule has 0 saturated heterocycles. The first kappa shape index (κ1) is 14.2. The minimum absolute atomic E-state index is 0.294. The van der Waals surface area contributed by atoms with Crippen LogP contribution in [0.4, 0.5) is 0 Å². The lowest BCUT2D eigenvalue weighted by atomic mass is 10.3. The van der Waals surface area contributed by atoms with Gasteiger partial charge in [-0.25, -0.2) is 4.57 Å². The van der Waals surface area contributed by atoms with Crippen molar-refractivity contribution in [1.29, 1.82) is 0 Å². The highest BCUT2D eigenvalue weighted by molar-refractivity contribution is 7.81. The van der Waals surface area contributed by atoms with Gasteiger partial charge in [0.25, 0.3) is 0 Å². The lowest BCUT2D eigenvalue weighted by Gasteiger charge is -2.11. The van der Waals surface area contributed by atoms with Gasteiger partial charge < -0.3 is 0 Å². The Hall–Kier alpha value is 0.180. The zero-order chi connectivity index (χ0) is 11.0. The van der Waals surface area contributed by atoms with E-state index in [9.17, 15) is 4.57 Å². The average Bonchev–Trinajstić information content (AvgIpc) is 2.03. The normalized spacial score (nSPS) is 15.1. The summed E-state index contributed by atoms with van der Waals surface area (Å²) in [5.41, 5.74) is 0.968. The van der Waals surface area contributed by atoms with Gasteiger partial charge >= 0.3 is 6.95 Å². The lowest BCUT2D eigenvalue weighted by molar-refractivity contribution is 0.218. The van der Waals surface area contributed by atoms with E-state index >= 15 is 0 Å². The van der Waals surface area contributed by atoms with Gasteiger partial charge in [0.1, 0.15) is 0 Å². The monoisotopic (exact) mass is 240 g/mol. The van der Waals surface area contributed by atoms with Crippen molar-refractivity contribution >= 4 is 18.2 Å². The van der Waals surface area contributed by atoms with Crippen LogP contribution in [0.5, 0.6) is 0 Å². The van der Waals surface area contributed by atoms with Gasteiger partial charge in [-0.2, -0.15) is 0 Å². The molecule has 1 unspecified atom stereocenters. The standard InChI is InChI=1S/C9H18ClO3P/c1-4-5-7-12-14(10,11)13-8-6-9(2)3/h2,4-8H2,1,3H3.